The Bertz CT molecular complexity index is 973. The minimum atomic E-state index is -4.61. The quantitative estimate of drug-likeness (QED) is 0.849. The molecule has 0 unspecified atom stereocenters. The fourth-order valence-electron chi connectivity index (χ4n) is 3.48. The Labute approximate surface area is 158 Å². The van der Waals surface area contributed by atoms with E-state index in [9.17, 15) is 22.8 Å². The predicted molar refractivity (Wildman–Crippen MR) is 92.5 cm³/mol. The van der Waals surface area contributed by atoms with Gasteiger partial charge in [-0.2, -0.15) is 13.2 Å². The third-order valence-electron chi connectivity index (χ3n) is 4.68. The Morgan fingerprint density at radius 1 is 1.11 bits per heavy atom. The van der Waals surface area contributed by atoms with E-state index >= 15 is 0 Å². The molecule has 1 aromatic carbocycles. The summed E-state index contributed by atoms with van der Waals surface area (Å²) < 4.78 is 40.4. The second-order valence-corrected chi connectivity index (χ2v) is 6.49. The van der Waals surface area contributed by atoms with Crippen molar-refractivity contribution in [2.75, 3.05) is 6.54 Å². The van der Waals surface area contributed by atoms with Gasteiger partial charge in [-0.15, -0.1) is 0 Å². The molecule has 0 fully saturated rings. The Balaban J connectivity index is 1.70. The summed E-state index contributed by atoms with van der Waals surface area (Å²) in [6.07, 6.45) is -3.02. The summed E-state index contributed by atoms with van der Waals surface area (Å²) in [5.74, 6) is -0.435. The number of aromatic nitrogens is 1. The van der Waals surface area contributed by atoms with E-state index in [2.05, 4.69) is 15.6 Å². The molecule has 0 saturated carbocycles. The topological polar surface area (TPSA) is 74.3 Å². The molecule has 3 heterocycles. The number of benzene rings is 1. The van der Waals surface area contributed by atoms with Gasteiger partial charge in [-0.25, -0.2) is 4.79 Å². The fourth-order valence-corrected chi connectivity index (χ4v) is 3.48. The van der Waals surface area contributed by atoms with Crippen molar-refractivity contribution in [2.45, 2.75) is 18.8 Å². The van der Waals surface area contributed by atoms with Crippen molar-refractivity contribution in [3.63, 3.8) is 0 Å². The molecule has 3 amide bonds. The lowest BCUT2D eigenvalue weighted by Gasteiger charge is -2.27. The van der Waals surface area contributed by atoms with Gasteiger partial charge >= 0.3 is 12.2 Å². The van der Waals surface area contributed by atoms with E-state index in [1.165, 1.54) is 23.1 Å². The maximum Gasteiger partial charge on any atom is 0.416 e. The molecule has 0 radical (unpaired) electrons. The summed E-state index contributed by atoms with van der Waals surface area (Å²) in [5.41, 5.74) is 0.0246. The van der Waals surface area contributed by atoms with Crippen LogP contribution in [0.4, 0.5) is 18.0 Å². The summed E-state index contributed by atoms with van der Waals surface area (Å²) in [7, 11) is 0. The standard InChI is InChI=1S/C19H15F3N4O2/c20-19(21,22)13-7-2-1-6-12(13)16-15-14(24-18(28)25-16)10-26(17(15)27)9-11-5-3-4-8-23-11/h1-8,16H,9-10H2,(H2,24,25,28)/t16-/m0/s1. The van der Waals surface area contributed by atoms with Crippen LogP contribution in [0.25, 0.3) is 0 Å². The van der Waals surface area contributed by atoms with Crippen LogP contribution in [0.15, 0.2) is 59.9 Å². The van der Waals surface area contributed by atoms with E-state index in [0.717, 1.165) is 6.07 Å². The van der Waals surface area contributed by atoms with Gasteiger partial charge in [-0.3, -0.25) is 9.78 Å². The first-order chi connectivity index (χ1) is 13.3. The van der Waals surface area contributed by atoms with Crippen LogP contribution in [-0.2, 0) is 17.5 Å². The van der Waals surface area contributed by atoms with E-state index in [1.54, 1.807) is 24.4 Å². The molecule has 144 valence electrons. The lowest BCUT2D eigenvalue weighted by atomic mass is 9.92. The number of halogens is 3. The van der Waals surface area contributed by atoms with Crippen LogP contribution in [0.5, 0.6) is 0 Å². The molecule has 6 nitrogen and oxygen atoms in total. The first kappa shape index (κ1) is 18.0. The van der Waals surface area contributed by atoms with Crippen molar-refractivity contribution in [1.82, 2.24) is 20.5 Å². The third-order valence-corrected chi connectivity index (χ3v) is 4.68. The molecular formula is C19H15F3N4O2. The molecule has 4 rings (SSSR count). The number of carbonyl (C=O) groups excluding carboxylic acids is 2. The molecule has 0 bridgehead atoms. The zero-order chi connectivity index (χ0) is 19.9. The highest BCUT2D eigenvalue weighted by Gasteiger charge is 2.43. The van der Waals surface area contributed by atoms with Gasteiger partial charge in [0, 0.05) is 6.20 Å². The number of nitrogens with zero attached hydrogens (tertiary/aromatic N) is 2. The number of hydrogen-bond acceptors (Lipinski definition) is 3. The van der Waals surface area contributed by atoms with Crippen molar-refractivity contribution in [3.8, 4) is 0 Å². The van der Waals surface area contributed by atoms with Crippen LogP contribution in [0.2, 0.25) is 0 Å². The van der Waals surface area contributed by atoms with Crippen LogP contribution in [0.1, 0.15) is 22.9 Å². The fraction of sp³-hybridized carbons (Fsp3) is 0.211. The largest absolute Gasteiger partial charge is 0.416 e. The van der Waals surface area contributed by atoms with E-state index in [0.29, 0.717) is 11.4 Å². The molecule has 28 heavy (non-hydrogen) atoms. The van der Waals surface area contributed by atoms with Gasteiger partial charge in [0.1, 0.15) is 0 Å². The first-order valence-electron chi connectivity index (χ1n) is 8.50. The number of amides is 3. The predicted octanol–water partition coefficient (Wildman–Crippen LogP) is 2.75. The van der Waals surface area contributed by atoms with Gasteiger partial charge in [0.15, 0.2) is 0 Å². The number of pyridine rings is 1. The Morgan fingerprint density at radius 2 is 1.86 bits per heavy atom. The molecule has 2 aliphatic rings. The Kier molecular flexibility index (Phi) is 4.29. The van der Waals surface area contributed by atoms with E-state index in [1.807, 2.05) is 0 Å². The van der Waals surface area contributed by atoms with Gasteiger partial charge in [-0.05, 0) is 23.8 Å². The van der Waals surface area contributed by atoms with Crippen LogP contribution in [-0.4, -0.2) is 28.4 Å². The summed E-state index contributed by atoms with van der Waals surface area (Å²) in [6, 6.07) is 8.38. The average molecular weight is 388 g/mol. The molecule has 9 heteroatoms. The van der Waals surface area contributed by atoms with E-state index < -0.39 is 29.7 Å². The van der Waals surface area contributed by atoms with Crippen LogP contribution in [0.3, 0.4) is 0 Å². The van der Waals surface area contributed by atoms with Crippen LogP contribution >= 0.6 is 0 Å². The molecule has 0 aliphatic carbocycles. The van der Waals surface area contributed by atoms with Crippen molar-refractivity contribution < 1.29 is 22.8 Å². The van der Waals surface area contributed by atoms with Gasteiger partial charge < -0.3 is 15.5 Å². The normalized spacial score (nSPS) is 19.4. The number of rotatable bonds is 3. The van der Waals surface area contributed by atoms with Crippen LogP contribution in [0, 0.1) is 0 Å². The number of alkyl halides is 3. The third kappa shape index (κ3) is 3.19. The maximum atomic E-state index is 13.5. The van der Waals surface area contributed by atoms with Gasteiger partial charge in [0.25, 0.3) is 5.91 Å². The lowest BCUT2D eigenvalue weighted by Crippen LogP contribution is -2.44. The highest BCUT2D eigenvalue weighted by atomic mass is 19.4. The number of urea groups is 1. The summed E-state index contributed by atoms with van der Waals surface area (Å²) in [4.78, 5) is 30.6. The van der Waals surface area contributed by atoms with Crippen molar-refractivity contribution in [3.05, 3.63) is 76.8 Å². The average Bonchev–Trinajstić information content (AvgIpc) is 2.96. The summed E-state index contributed by atoms with van der Waals surface area (Å²) in [6.45, 7) is 0.291. The molecule has 1 aromatic heterocycles. The monoisotopic (exact) mass is 388 g/mol. The second-order valence-electron chi connectivity index (χ2n) is 6.49. The Hall–Kier alpha value is -3.36. The minimum Gasteiger partial charge on any atom is -0.327 e. The molecule has 1 atom stereocenters. The lowest BCUT2D eigenvalue weighted by molar-refractivity contribution is -0.138. The van der Waals surface area contributed by atoms with E-state index in [4.69, 9.17) is 0 Å². The number of carbonyl (C=O) groups is 2. The second kappa shape index (κ2) is 6.66. The zero-order valence-electron chi connectivity index (χ0n) is 14.5. The first-order valence-corrected chi connectivity index (χ1v) is 8.50. The molecule has 0 saturated heterocycles. The van der Waals surface area contributed by atoms with Gasteiger partial charge in [-0.1, -0.05) is 24.3 Å². The molecule has 2 aliphatic heterocycles. The summed E-state index contributed by atoms with van der Waals surface area (Å²) >= 11 is 0. The van der Waals surface area contributed by atoms with Crippen molar-refractivity contribution in [2.24, 2.45) is 0 Å². The SMILES string of the molecule is O=C1NC2=C(C(=O)N(Cc3ccccn3)C2)[C@H](c2ccccc2C(F)(F)F)N1. The van der Waals surface area contributed by atoms with Gasteiger partial charge in [0.2, 0.25) is 0 Å². The van der Waals surface area contributed by atoms with E-state index in [-0.39, 0.29) is 24.2 Å². The molecule has 2 aromatic rings. The smallest absolute Gasteiger partial charge is 0.327 e. The summed E-state index contributed by atoms with van der Waals surface area (Å²) in [5, 5.41) is 5.01. The minimum absolute atomic E-state index is 0.100. The maximum absolute atomic E-state index is 13.5. The number of nitrogens with one attached hydrogen (secondary N) is 2. The van der Waals surface area contributed by atoms with Gasteiger partial charge in [0.05, 0.1) is 41.7 Å². The zero-order valence-corrected chi connectivity index (χ0v) is 14.5. The van der Waals surface area contributed by atoms with Crippen molar-refractivity contribution >= 4 is 11.9 Å². The molecular weight excluding hydrogens is 373 g/mol. The number of hydrogen-bond donors (Lipinski definition) is 2. The molecule has 2 N–H and O–H groups in total. The highest BCUT2D eigenvalue weighted by molar-refractivity contribution is 6.01. The molecule has 0 spiro atoms. The van der Waals surface area contributed by atoms with Crippen molar-refractivity contribution in [1.29, 1.82) is 0 Å². The van der Waals surface area contributed by atoms with Crippen LogP contribution < -0.4 is 10.6 Å². The highest BCUT2D eigenvalue weighted by Crippen LogP contribution is 2.39. The Morgan fingerprint density at radius 3 is 2.57 bits per heavy atom.